The van der Waals surface area contributed by atoms with Crippen molar-refractivity contribution in [2.75, 3.05) is 11.4 Å². The number of carbonyl (C=O) groups is 2. The van der Waals surface area contributed by atoms with Gasteiger partial charge >= 0.3 is 5.97 Å². The molecule has 4 nitrogen and oxygen atoms in total. The maximum Gasteiger partial charge on any atom is 0.312 e. The zero-order valence-corrected chi connectivity index (χ0v) is 10.0. The summed E-state index contributed by atoms with van der Waals surface area (Å²) < 4.78 is 0. The Kier molecular flexibility index (Phi) is 2.58. The first-order chi connectivity index (χ1) is 8.66. The largest absolute Gasteiger partial charge is 0.481 e. The second kappa shape index (κ2) is 4.12. The number of benzene rings is 1. The van der Waals surface area contributed by atoms with E-state index in [0.29, 0.717) is 12.3 Å². The number of hydrogen-bond donors (Lipinski definition) is 1. The molecule has 18 heavy (non-hydrogen) atoms. The average Bonchev–Trinajstić information content (AvgIpc) is 3.07. The van der Waals surface area contributed by atoms with Gasteiger partial charge in [0, 0.05) is 18.7 Å². The van der Waals surface area contributed by atoms with Gasteiger partial charge in [-0.25, -0.2) is 0 Å². The molecular formula is C14H15NO3. The highest BCUT2D eigenvalue weighted by molar-refractivity contribution is 5.99. The average molecular weight is 245 g/mol. The summed E-state index contributed by atoms with van der Waals surface area (Å²) >= 11 is 0. The smallest absolute Gasteiger partial charge is 0.312 e. The Morgan fingerprint density at radius 3 is 2.67 bits per heavy atom. The number of para-hydroxylation sites is 1. The van der Waals surface area contributed by atoms with Crippen LogP contribution in [0.3, 0.4) is 0 Å². The fourth-order valence-corrected chi connectivity index (χ4v) is 2.53. The minimum atomic E-state index is -0.857. The van der Waals surface area contributed by atoms with E-state index >= 15 is 0 Å². The molecule has 2 aliphatic rings. The molecule has 0 spiro atoms. The van der Waals surface area contributed by atoms with Crippen molar-refractivity contribution in [3.8, 4) is 0 Å². The summed E-state index contributed by atoms with van der Waals surface area (Å²) in [5.41, 5.74) is 1.53. The van der Waals surface area contributed by atoms with Gasteiger partial charge in [-0.05, 0) is 30.4 Å². The molecule has 1 aromatic rings. The lowest BCUT2D eigenvalue weighted by molar-refractivity contribution is -0.138. The van der Waals surface area contributed by atoms with Crippen molar-refractivity contribution in [3.63, 3.8) is 0 Å². The van der Waals surface area contributed by atoms with Crippen LogP contribution in [-0.2, 0) is 9.59 Å². The second-order valence-electron chi connectivity index (χ2n) is 5.10. The maximum atomic E-state index is 12.2. The molecule has 1 amide bonds. The summed E-state index contributed by atoms with van der Waals surface area (Å²) in [5, 5.41) is 9.22. The number of aliphatic carboxylic acids is 1. The molecule has 1 unspecified atom stereocenters. The third-order valence-corrected chi connectivity index (χ3v) is 3.73. The highest BCUT2D eigenvalue weighted by Gasteiger charge is 2.37. The lowest BCUT2D eigenvalue weighted by Gasteiger charge is -2.17. The highest BCUT2D eigenvalue weighted by Crippen LogP contribution is 2.39. The molecule has 1 atom stereocenters. The van der Waals surface area contributed by atoms with E-state index in [1.54, 1.807) is 11.0 Å². The van der Waals surface area contributed by atoms with Crippen LogP contribution in [0.5, 0.6) is 0 Å². The minimum Gasteiger partial charge on any atom is -0.481 e. The standard InChI is InChI=1S/C14H15NO3/c16-13(7-9-5-6-9)15-8-11(14(17)18)10-3-1-2-4-12(10)15/h1-4,9,11H,5-8H2,(H,17,18). The van der Waals surface area contributed by atoms with E-state index in [0.717, 1.165) is 24.1 Å². The molecule has 1 aromatic carbocycles. The topological polar surface area (TPSA) is 57.6 Å². The molecule has 1 aliphatic heterocycles. The van der Waals surface area contributed by atoms with Crippen LogP contribution in [0, 0.1) is 5.92 Å². The van der Waals surface area contributed by atoms with Gasteiger partial charge < -0.3 is 10.0 Å². The number of hydrogen-bond acceptors (Lipinski definition) is 2. The van der Waals surface area contributed by atoms with Crippen LogP contribution in [0.2, 0.25) is 0 Å². The molecule has 0 aromatic heterocycles. The van der Waals surface area contributed by atoms with E-state index in [2.05, 4.69) is 0 Å². The van der Waals surface area contributed by atoms with Crippen molar-refractivity contribution >= 4 is 17.6 Å². The zero-order chi connectivity index (χ0) is 12.7. The summed E-state index contributed by atoms with van der Waals surface area (Å²) in [6, 6.07) is 7.31. The number of carboxylic acids is 1. The van der Waals surface area contributed by atoms with Crippen LogP contribution in [0.25, 0.3) is 0 Å². The number of fused-ring (bicyclic) bond motifs is 1. The fraction of sp³-hybridized carbons (Fsp3) is 0.429. The molecular weight excluding hydrogens is 230 g/mol. The van der Waals surface area contributed by atoms with Crippen LogP contribution in [0.15, 0.2) is 24.3 Å². The quantitative estimate of drug-likeness (QED) is 0.886. The van der Waals surface area contributed by atoms with Gasteiger partial charge in [-0.1, -0.05) is 18.2 Å². The fourth-order valence-electron chi connectivity index (χ4n) is 2.53. The number of rotatable bonds is 3. The molecule has 0 saturated heterocycles. The molecule has 1 fully saturated rings. The van der Waals surface area contributed by atoms with Gasteiger partial charge in [0.05, 0.1) is 0 Å². The number of carbonyl (C=O) groups excluding carboxylic acids is 1. The zero-order valence-electron chi connectivity index (χ0n) is 10.0. The molecule has 0 radical (unpaired) electrons. The Bertz CT molecular complexity index is 508. The first-order valence-electron chi connectivity index (χ1n) is 6.29. The van der Waals surface area contributed by atoms with Crippen molar-refractivity contribution in [2.24, 2.45) is 5.92 Å². The summed E-state index contributed by atoms with van der Waals surface area (Å²) in [5.74, 6) is -0.851. The Labute approximate surface area is 105 Å². The molecule has 1 heterocycles. The molecule has 0 bridgehead atoms. The van der Waals surface area contributed by atoms with E-state index in [9.17, 15) is 14.7 Å². The summed E-state index contributed by atoms with van der Waals surface area (Å²) in [7, 11) is 0. The molecule has 94 valence electrons. The van der Waals surface area contributed by atoms with E-state index in [-0.39, 0.29) is 12.5 Å². The van der Waals surface area contributed by atoms with Crippen LogP contribution >= 0.6 is 0 Å². The number of nitrogens with zero attached hydrogens (tertiary/aromatic N) is 1. The molecule has 1 aliphatic carbocycles. The Hall–Kier alpha value is -1.84. The van der Waals surface area contributed by atoms with Crippen molar-refractivity contribution in [2.45, 2.75) is 25.2 Å². The summed E-state index contributed by atoms with van der Waals surface area (Å²) in [6.07, 6.45) is 2.81. The van der Waals surface area contributed by atoms with Crippen molar-refractivity contribution in [1.82, 2.24) is 0 Å². The Morgan fingerprint density at radius 1 is 1.28 bits per heavy atom. The van der Waals surface area contributed by atoms with Gasteiger partial charge in [-0.3, -0.25) is 9.59 Å². The lowest BCUT2D eigenvalue weighted by Crippen LogP contribution is -2.31. The van der Waals surface area contributed by atoms with Crippen molar-refractivity contribution in [3.05, 3.63) is 29.8 Å². The van der Waals surface area contributed by atoms with Gasteiger partial charge in [0.15, 0.2) is 0 Å². The van der Waals surface area contributed by atoms with Crippen molar-refractivity contribution in [1.29, 1.82) is 0 Å². The first kappa shape index (κ1) is 11.3. The number of carboxylic acid groups (broad SMARTS) is 1. The molecule has 4 heteroatoms. The Balaban J connectivity index is 1.88. The van der Waals surface area contributed by atoms with Gasteiger partial charge in [-0.2, -0.15) is 0 Å². The lowest BCUT2D eigenvalue weighted by atomic mass is 10.0. The first-order valence-corrected chi connectivity index (χ1v) is 6.29. The number of amides is 1. The SMILES string of the molecule is O=C(O)C1CN(C(=O)CC2CC2)c2ccccc21. The second-order valence-corrected chi connectivity index (χ2v) is 5.10. The van der Waals surface area contributed by atoms with E-state index in [1.807, 2.05) is 18.2 Å². The van der Waals surface area contributed by atoms with Gasteiger partial charge in [0.25, 0.3) is 0 Å². The van der Waals surface area contributed by atoms with Gasteiger partial charge in [0.2, 0.25) is 5.91 Å². The van der Waals surface area contributed by atoms with E-state index in [4.69, 9.17) is 0 Å². The van der Waals surface area contributed by atoms with Crippen LogP contribution in [0.1, 0.15) is 30.7 Å². The van der Waals surface area contributed by atoms with Crippen LogP contribution in [-0.4, -0.2) is 23.5 Å². The van der Waals surface area contributed by atoms with E-state index < -0.39 is 11.9 Å². The monoisotopic (exact) mass is 245 g/mol. The maximum absolute atomic E-state index is 12.2. The van der Waals surface area contributed by atoms with Gasteiger partial charge in [-0.15, -0.1) is 0 Å². The molecule has 1 N–H and O–H groups in total. The molecule has 1 saturated carbocycles. The Morgan fingerprint density at radius 2 is 2.00 bits per heavy atom. The number of anilines is 1. The van der Waals surface area contributed by atoms with Crippen LogP contribution < -0.4 is 4.90 Å². The predicted molar refractivity (Wildman–Crippen MR) is 66.5 cm³/mol. The predicted octanol–water partition coefficient (Wildman–Crippen LogP) is 2.00. The third-order valence-electron chi connectivity index (χ3n) is 3.73. The summed E-state index contributed by atoms with van der Waals surface area (Å²) in [6.45, 7) is 0.278. The van der Waals surface area contributed by atoms with Gasteiger partial charge in [0.1, 0.15) is 5.92 Å². The van der Waals surface area contributed by atoms with Crippen LogP contribution in [0.4, 0.5) is 5.69 Å². The molecule has 3 rings (SSSR count). The van der Waals surface area contributed by atoms with Crippen molar-refractivity contribution < 1.29 is 14.7 Å². The highest BCUT2D eigenvalue weighted by atomic mass is 16.4. The summed E-state index contributed by atoms with van der Waals surface area (Å²) in [4.78, 5) is 25.0. The third kappa shape index (κ3) is 1.88. The normalized spacial score (nSPS) is 21.8. The minimum absolute atomic E-state index is 0.0636. The van der Waals surface area contributed by atoms with E-state index in [1.165, 1.54) is 0 Å².